The van der Waals surface area contributed by atoms with Crippen LogP contribution in [0.15, 0.2) is 0 Å². The molecule has 2 heterocycles. The van der Waals surface area contributed by atoms with Crippen molar-refractivity contribution in [2.24, 2.45) is 5.92 Å². The summed E-state index contributed by atoms with van der Waals surface area (Å²) < 4.78 is 1.85. The van der Waals surface area contributed by atoms with Crippen LogP contribution in [0, 0.1) is 5.92 Å². The fourth-order valence-corrected chi connectivity index (χ4v) is 1.72. The molecule has 6 heteroatoms. The predicted molar refractivity (Wildman–Crippen MR) is 53.7 cm³/mol. The number of aromatic nitrogens is 3. The Morgan fingerprint density at radius 2 is 2.33 bits per heavy atom. The Kier molecular flexibility index (Phi) is 2.34. The molecule has 1 atom stereocenters. The SMILES string of the molecule is CC(C)c1nnc2n1CC(C(=O)O)CN2. The molecule has 1 aliphatic rings. The molecule has 6 nitrogen and oxygen atoms in total. The third-order valence-corrected chi connectivity index (χ3v) is 2.55. The first-order valence-electron chi connectivity index (χ1n) is 4.99. The number of carboxylic acid groups (broad SMARTS) is 1. The van der Waals surface area contributed by atoms with Crippen molar-refractivity contribution in [2.45, 2.75) is 26.3 Å². The average Bonchev–Trinajstić information content (AvgIpc) is 2.59. The van der Waals surface area contributed by atoms with Crippen LogP contribution in [0.25, 0.3) is 0 Å². The highest BCUT2D eigenvalue weighted by Crippen LogP contribution is 2.22. The Balaban J connectivity index is 2.30. The van der Waals surface area contributed by atoms with Crippen molar-refractivity contribution in [2.75, 3.05) is 11.9 Å². The summed E-state index contributed by atoms with van der Waals surface area (Å²) >= 11 is 0. The van der Waals surface area contributed by atoms with Crippen LogP contribution in [-0.4, -0.2) is 32.4 Å². The van der Waals surface area contributed by atoms with E-state index in [1.54, 1.807) is 0 Å². The predicted octanol–water partition coefficient (Wildman–Crippen LogP) is 0.528. The van der Waals surface area contributed by atoms with E-state index >= 15 is 0 Å². The normalized spacial score (nSPS) is 19.8. The van der Waals surface area contributed by atoms with E-state index in [0.29, 0.717) is 19.0 Å². The maximum atomic E-state index is 10.9. The summed E-state index contributed by atoms with van der Waals surface area (Å²) in [7, 11) is 0. The molecule has 0 aromatic carbocycles. The molecule has 2 N–H and O–H groups in total. The molecule has 1 unspecified atom stereocenters. The fourth-order valence-electron chi connectivity index (χ4n) is 1.72. The first-order chi connectivity index (χ1) is 7.09. The lowest BCUT2D eigenvalue weighted by Gasteiger charge is -2.23. The smallest absolute Gasteiger partial charge is 0.310 e. The number of anilines is 1. The zero-order chi connectivity index (χ0) is 11.0. The average molecular weight is 210 g/mol. The van der Waals surface area contributed by atoms with Crippen molar-refractivity contribution >= 4 is 11.9 Å². The van der Waals surface area contributed by atoms with Gasteiger partial charge in [0.25, 0.3) is 0 Å². The van der Waals surface area contributed by atoms with Gasteiger partial charge in [-0.1, -0.05) is 13.8 Å². The lowest BCUT2D eigenvalue weighted by Crippen LogP contribution is -2.33. The summed E-state index contributed by atoms with van der Waals surface area (Å²) in [5.74, 6) is 0.586. The first kappa shape index (κ1) is 9.95. The highest BCUT2D eigenvalue weighted by atomic mass is 16.4. The van der Waals surface area contributed by atoms with E-state index in [1.807, 2.05) is 18.4 Å². The number of carboxylic acids is 1. The minimum Gasteiger partial charge on any atom is -0.481 e. The van der Waals surface area contributed by atoms with Gasteiger partial charge in [0.05, 0.1) is 5.92 Å². The second kappa shape index (κ2) is 3.52. The quantitative estimate of drug-likeness (QED) is 0.744. The lowest BCUT2D eigenvalue weighted by atomic mass is 10.1. The third-order valence-electron chi connectivity index (χ3n) is 2.55. The van der Waals surface area contributed by atoms with Crippen molar-refractivity contribution in [3.8, 4) is 0 Å². The number of rotatable bonds is 2. The van der Waals surface area contributed by atoms with Gasteiger partial charge in [-0.2, -0.15) is 0 Å². The number of hydrogen-bond acceptors (Lipinski definition) is 4. The second-order valence-corrected chi connectivity index (χ2v) is 4.06. The summed E-state index contributed by atoms with van der Waals surface area (Å²) in [4.78, 5) is 10.9. The van der Waals surface area contributed by atoms with Gasteiger partial charge in [0, 0.05) is 19.0 Å². The van der Waals surface area contributed by atoms with E-state index in [0.717, 1.165) is 5.82 Å². The summed E-state index contributed by atoms with van der Waals surface area (Å²) in [5.41, 5.74) is 0. The zero-order valence-electron chi connectivity index (χ0n) is 8.77. The van der Waals surface area contributed by atoms with Crippen molar-refractivity contribution in [1.82, 2.24) is 14.8 Å². The molecule has 1 aromatic heterocycles. The van der Waals surface area contributed by atoms with Gasteiger partial charge in [-0.05, 0) is 0 Å². The van der Waals surface area contributed by atoms with Gasteiger partial charge < -0.3 is 10.4 Å². The van der Waals surface area contributed by atoms with Crippen LogP contribution in [0.3, 0.4) is 0 Å². The summed E-state index contributed by atoms with van der Waals surface area (Å²) in [6, 6.07) is 0. The summed E-state index contributed by atoms with van der Waals surface area (Å²) in [6.07, 6.45) is 0. The molecule has 15 heavy (non-hydrogen) atoms. The fraction of sp³-hybridized carbons (Fsp3) is 0.667. The van der Waals surface area contributed by atoms with Gasteiger partial charge in [-0.15, -0.1) is 10.2 Å². The number of carbonyl (C=O) groups is 1. The second-order valence-electron chi connectivity index (χ2n) is 4.06. The maximum absolute atomic E-state index is 10.9. The Hall–Kier alpha value is -1.59. The van der Waals surface area contributed by atoms with E-state index < -0.39 is 11.9 Å². The third kappa shape index (κ3) is 1.67. The first-order valence-corrected chi connectivity index (χ1v) is 4.99. The van der Waals surface area contributed by atoms with Crippen LogP contribution in [0.4, 0.5) is 5.95 Å². The van der Waals surface area contributed by atoms with E-state index in [2.05, 4.69) is 15.5 Å². The highest BCUT2D eigenvalue weighted by molar-refractivity contribution is 5.71. The number of hydrogen-bond donors (Lipinski definition) is 2. The minimum atomic E-state index is -0.781. The van der Waals surface area contributed by atoms with Gasteiger partial charge in [0.15, 0.2) is 0 Å². The largest absolute Gasteiger partial charge is 0.481 e. The molecule has 0 radical (unpaired) electrons. The molecule has 0 amide bonds. The Morgan fingerprint density at radius 3 is 2.93 bits per heavy atom. The van der Waals surface area contributed by atoms with Gasteiger partial charge in [-0.3, -0.25) is 9.36 Å². The summed E-state index contributed by atoms with van der Waals surface area (Å²) in [5, 5.41) is 19.9. The molecule has 1 aromatic rings. The van der Waals surface area contributed by atoms with E-state index in [1.165, 1.54) is 0 Å². The molecular formula is C9H14N4O2. The molecule has 0 aliphatic carbocycles. The van der Waals surface area contributed by atoms with Crippen molar-refractivity contribution in [1.29, 1.82) is 0 Å². The molecule has 82 valence electrons. The van der Waals surface area contributed by atoms with Crippen LogP contribution in [0.1, 0.15) is 25.6 Å². The maximum Gasteiger partial charge on any atom is 0.310 e. The Morgan fingerprint density at radius 1 is 1.60 bits per heavy atom. The Bertz CT molecular complexity index is 385. The van der Waals surface area contributed by atoms with Crippen LogP contribution in [0.5, 0.6) is 0 Å². The van der Waals surface area contributed by atoms with Crippen LogP contribution in [0.2, 0.25) is 0 Å². The highest BCUT2D eigenvalue weighted by Gasteiger charge is 2.27. The Labute approximate surface area is 87.3 Å². The molecular weight excluding hydrogens is 196 g/mol. The van der Waals surface area contributed by atoms with Gasteiger partial charge in [-0.25, -0.2) is 0 Å². The topological polar surface area (TPSA) is 80.0 Å². The van der Waals surface area contributed by atoms with Gasteiger partial charge in [0.1, 0.15) is 5.82 Å². The minimum absolute atomic E-state index is 0.251. The van der Waals surface area contributed by atoms with E-state index in [9.17, 15) is 4.79 Å². The lowest BCUT2D eigenvalue weighted by molar-refractivity contribution is -0.141. The van der Waals surface area contributed by atoms with Crippen LogP contribution in [-0.2, 0) is 11.3 Å². The van der Waals surface area contributed by atoms with Gasteiger partial charge in [0.2, 0.25) is 5.95 Å². The van der Waals surface area contributed by atoms with Crippen molar-refractivity contribution in [3.63, 3.8) is 0 Å². The molecule has 2 rings (SSSR count). The van der Waals surface area contributed by atoms with Crippen molar-refractivity contribution in [3.05, 3.63) is 5.82 Å². The van der Waals surface area contributed by atoms with Gasteiger partial charge >= 0.3 is 5.97 Å². The summed E-state index contributed by atoms with van der Waals surface area (Å²) in [6.45, 7) is 4.91. The zero-order valence-corrected chi connectivity index (χ0v) is 8.77. The van der Waals surface area contributed by atoms with E-state index in [-0.39, 0.29) is 5.92 Å². The molecule has 1 aliphatic heterocycles. The number of nitrogens with zero attached hydrogens (tertiary/aromatic N) is 3. The number of nitrogens with one attached hydrogen (secondary N) is 1. The number of fused-ring (bicyclic) bond motifs is 1. The van der Waals surface area contributed by atoms with Crippen LogP contribution < -0.4 is 5.32 Å². The molecule has 0 spiro atoms. The van der Waals surface area contributed by atoms with E-state index in [4.69, 9.17) is 5.11 Å². The molecule has 0 saturated carbocycles. The molecule has 0 fully saturated rings. The number of aliphatic carboxylic acids is 1. The molecule has 0 bridgehead atoms. The standard InChI is InChI=1S/C9H14N4O2/c1-5(2)7-11-12-9-10-3-6(8(14)15)4-13(7)9/h5-6H,3-4H2,1-2H3,(H,10,12)(H,14,15). The van der Waals surface area contributed by atoms with Crippen molar-refractivity contribution < 1.29 is 9.90 Å². The monoisotopic (exact) mass is 210 g/mol. The van der Waals surface area contributed by atoms with Crippen LogP contribution >= 0.6 is 0 Å². The molecule has 0 saturated heterocycles.